The number of aliphatic carboxylic acids is 1. The molecule has 0 spiro atoms. The minimum Gasteiger partial charge on any atom is -0.481 e. The van der Waals surface area contributed by atoms with Gasteiger partial charge in [0.25, 0.3) is 0 Å². The van der Waals surface area contributed by atoms with Gasteiger partial charge in [-0.2, -0.15) is 0 Å². The summed E-state index contributed by atoms with van der Waals surface area (Å²) in [5.74, 6) is -4.81. The third-order valence-corrected chi connectivity index (χ3v) is 2.43. The minimum absolute atomic E-state index is 0.205. The second kappa shape index (κ2) is 2.93. The molecule has 4 heteroatoms. The Bertz CT molecular complexity index is 208. The zero-order valence-corrected chi connectivity index (χ0v) is 7.81. The van der Waals surface area contributed by atoms with Crippen molar-refractivity contribution in [2.75, 3.05) is 0 Å². The molecule has 1 N–H and O–H groups in total. The lowest BCUT2D eigenvalue weighted by Crippen LogP contribution is -2.39. The summed E-state index contributed by atoms with van der Waals surface area (Å²) < 4.78 is 26.1. The summed E-state index contributed by atoms with van der Waals surface area (Å²) in [7, 11) is 0. The zero-order valence-electron chi connectivity index (χ0n) is 7.81. The van der Waals surface area contributed by atoms with Crippen LogP contribution in [0, 0.1) is 11.3 Å². The molecule has 0 saturated heterocycles. The first-order valence-electron chi connectivity index (χ1n) is 4.33. The second-order valence-corrected chi connectivity index (χ2v) is 4.64. The van der Waals surface area contributed by atoms with Gasteiger partial charge in [0.05, 0.1) is 5.92 Å². The van der Waals surface area contributed by atoms with E-state index in [0.29, 0.717) is 6.42 Å². The molecule has 0 bridgehead atoms. The van der Waals surface area contributed by atoms with Crippen LogP contribution >= 0.6 is 0 Å². The molecule has 2 nitrogen and oxygen atoms in total. The van der Waals surface area contributed by atoms with Gasteiger partial charge in [0, 0.05) is 12.8 Å². The van der Waals surface area contributed by atoms with Crippen molar-refractivity contribution in [1.82, 2.24) is 0 Å². The van der Waals surface area contributed by atoms with Crippen molar-refractivity contribution in [3.63, 3.8) is 0 Å². The van der Waals surface area contributed by atoms with Crippen molar-refractivity contribution in [2.45, 2.75) is 39.0 Å². The maximum absolute atomic E-state index is 13.0. The van der Waals surface area contributed by atoms with Gasteiger partial charge in [0.15, 0.2) is 0 Å². The lowest BCUT2D eigenvalue weighted by molar-refractivity contribution is -0.155. The Balaban J connectivity index is 2.78. The molecule has 76 valence electrons. The number of rotatable bonds is 1. The largest absolute Gasteiger partial charge is 0.481 e. The molecule has 0 aromatic heterocycles. The summed E-state index contributed by atoms with van der Waals surface area (Å²) in [6, 6.07) is 0. The van der Waals surface area contributed by atoms with Crippen molar-refractivity contribution < 1.29 is 18.7 Å². The van der Waals surface area contributed by atoms with Crippen LogP contribution in [0.4, 0.5) is 8.78 Å². The third-order valence-electron chi connectivity index (χ3n) is 2.43. The van der Waals surface area contributed by atoms with E-state index in [2.05, 4.69) is 0 Å². The molecule has 1 fully saturated rings. The molecular formula is C9H14F2O2. The average Bonchev–Trinajstić information content (AvgIpc) is 1.79. The van der Waals surface area contributed by atoms with E-state index in [4.69, 9.17) is 5.11 Å². The van der Waals surface area contributed by atoms with Crippen LogP contribution in [0.15, 0.2) is 0 Å². The number of hydrogen-bond acceptors (Lipinski definition) is 1. The summed E-state index contributed by atoms with van der Waals surface area (Å²) in [5.41, 5.74) is -0.565. The molecule has 1 aliphatic rings. The predicted molar refractivity (Wildman–Crippen MR) is 43.7 cm³/mol. The van der Waals surface area contributed by atoms with Gasteiger partial charge in [-0.1, -0.05) is 13.8 Å². The maximum Gasteiger partial charge on any atom is 0.306 e. The average molecular weight is 192 g/mol. The highest BCUT2D eigenvalue weighted by molar-refractivity contribution is 5.70. The van der Waals surface area contributed by atoms with Gasteiger partial charge in [-0.3, -0.25) is 4.79 Å². The quantitative estimate of drug-likeness (QED) is 0.693. The summed E-state index contributed by atoms with van der Waals surface area (Å²) in [6.45, 7) is 3.38. The number of carboxylic acid groups (broad SMARTS) is 1. The van der Waals surface area contributed by atoms with Crippen LogP contribution in [0.2, 0.25) is 0 Å². The fourth-order valence-corrected chi connectivity index (χ4v) is 2.12. The molecule has 0 aromatic carbocycles. The van der Waals surface area contributed by atoms with Crippen LogP contribution in [0.1, 0.15) is 33.1 Å². The molecule has 1 aliphatic carbocycles. The second-order valence-electron chi connectivity index (χ2n) is 4.64. The molecular weight excluding hydrogens is 178 g/mol. The van der Waals surface area contributed by atoms with E-state index < -0.39 is 29.6 Å². The zero-order chi connectivity index (χ0) is 10.3. The summed E-state index contributed by atoms with van der Waals surface area (Å²) in [6.07, 6.45) is -0.368. The van der Waals surface area contributed by atoms with Crippen molar-refractivity contribution in [3.8, 4) is 0 Å². The van der Waals surface area contributed by atoms with Gasteiger partial charge in [-0.15, -0.1) is 0 Å². The molecule has 1 atom stereocenters. The fraction of sp³-hybridized carbons (Fsp3) is 0.889. The number of hydrogen-bond donors (Lipinski definition) is 1. The highest BCUT2D eigenvalue weighted by Gasteiger charge is 2.47. The number of halogens is 2. The van der Waals surface area contributed by atoms with Crippen LogP contribution in [0.5, 0.6) is 0 Å². The summed E-state index contributed by atoms with van der Waals surface area (Å²) in [4.78, 5) is 10.6. The van der Waals surface area contributed by atoms with Gasteiger partial charge in [0.2, 0.25) is 5.92 Å². The van der Waals surface area contributed by atoms with E-state index in [1.165, 1.54) is 0 Å². The Morgan fingerprint density at radius 1 is 1.38 bits per heavy atom. The van der Waals surface area contributed by atoms with Crippen molar-refractivity contribution in [3.05, 3.63) is 0 Å². The van der Waals surface area contributed by atoms with Crippen LogP contribution in [0.25, 0.3) is 0 Å². The van der Waals surface area contributed by atoms with E-state index in [9.17, 15) is 13.6 Å². The van der Waals surface area contributed by atoms with E-state index in [-0.39, 0.29) is 6.42 Å². The Hall–Kier alpha value is -0.670. The van der Waals surface area contributed by atoms with E-state index in [0.717, 1.165) is 0 Å². The number of carboxylic acids is 1. The smallest absolute Gasteiger partial charge is 0.306 e. The highest BCUT2D eigenvalue weighted by atomic mass is 19.3. The minimum atomic E-state index is -2.81. The highest BCUT2D eigenvalue weighted by Crippen LogP contribution is 2.46. The van der Waals surface area contributed by atoms with Crippen LogP contribution < -0.4 is 0 Å². The Kier molecular flexibility index (Phi) is 2.34. The van der Waals surface area contributed by atoms with Gasteiger partial charge in [-0.25, -0.2) is 8.78 Å². The van der Waals surface area contributed by atoms with Crippen molar-refractivity contribution in [1.29, 1.82) is 0 Å². The predicted octanol–water partition coefficient (Wildman–Crippen LogP) is 2.53. The summed E-state index contributed by atoms with van der Waals surface area (Å²) >= 11 is 0. The molecule has 1 rings (SSSR count). The molecule has 0 aliphatic heterocycles. The standard InChI is InChI=1S/C9H14F2O2/c1-8(2)3-6(7(12)13)4-9(10,11)5-8/h6H,3-5H2,1-2H3,(H,12,13). The van der Waals surface area contributed by atoms with E-state index in [1.54, 1.807) is 13.8 Å². The maximum atomic E-state index is 13.0. The molecule has 0 aromatic rings. The third kappa shape index (κ3) is 2.64. The molecule has 0 amide bonds. The van der Waals surface area contributed by atoms with Gasteiger partial charge in [-0.05, 0) is 11.8 Å². The van der Waals surface area contributed by atoms with Crippen LogP contribution in [-0.4, -0.2) is 17.0 Å². The summed E-state index contributed by atoms with van der Waals surface area (Å²) in [5, 5.41) is 8.67. The number of alkyl halides is 2. The molecule has 0 radical (unpaired) electrons. The molecule has 0 heterocycles. The Morgan fingerprint density at radius 2 is 1.92 bits per heavy atom. The van der Waals surface area contributed by atoms with Gasteiger partial charge in [0.1, 0.15) is 0 Å². The normalized spacial score (nSPS) is 31.2. The SMILES string of the molecule is CC1(C)CC(C(=O)O)CC(F)(F)C1. The first kappa shape index (κ1) is 10.4. The van der Waals surface area contributed by atoms with Gasteiger partial charge >= 0.3 is 5.97 Å². The molecule has 1 saturated carbocycles. The monoisotopic (exact) mass is 192 g/mol. The van der Waals surface area contributed by atoms with E-state index in [1.807, 2.05) is 0 Å². The topological polar surface area (TPSA) is 37.3 Å². The van der Waals surface area contributed by atoms with Crippen LogP contribution in [0.3, 0.4) is 0 Å². The first-order valence-corrected chi connectivity index (χ1v) is 4.33. The van der Waals surface area contributed by atoms with E-state index >= 15 is 0 Å². The lowest BCUT2D eigenvalue weighted by Gasteiger charge is -2.38. The molecule has 1 unspecified atom stereocenters. The van der Waals surface area contributed by atoms with Crippen molar-refractivity contribution in [2.24, 2.45) is 11.3 Å². The lowest BCUT2D eigenvalue weighted by atomic mass is 9.70. The molecule has 13 heavy (non-hydrogen) atoms. The van der Waals surface area contributed by atoms with Crippen molar-refractivity contribution >= 4 is 5.97 Å². The number of carbonyl (C=O) groups is 1. The Labute approximate surface area is 75.9 Å². The van der Waals surface area contributed by atoms with Crippen LogP contribution in [-0.2, 0) is 4.79 Å². The Morgan fingerprint density at radius 3 is 2.31 bits per heavy atom. The fourth-order valence-electron chi connectivity index (χ4n) is 2.12. The first-order chi connectivity index (χ1) is 5.72. The van der Waals surface area contributed by atoms with Gasteiger partial charge < -0.3 is 5.11 Å².